The van der Waals surface area contributed by atoms with Gasteiger partial charge in [-0.05, 0) is 5.56 Å². The molecule has 0 saturated heterocycles. The molecular weight excluding hydrogens is 234 g/mol. The molecule has 0 radical (unpaired) electrons. The van der Waals surface area contributed by atoms with Crippen LogP contribution in [0.25, 0.3) is 0 Å². The molecule has 0 unspecified atom stereocenters. The van der Waals surface area contributed by atoms with Crippen LogP contribution in [0.1, 0.15) is 5.56 Å². The Morgan fingerprint density at radius 3 is 2.06 bits per heavy atom. The van der Waals surface area contributed by atoms with Crippen molar-refractivity contribution in [1.82, 2.24) is 5.32 Å². The molecule has 4 N–H and O–H groups in total. The average Bonchev–Trinajstić information content (AvgIpc) is 2.17. The van der Waals surface area contributed by atoms with E-state index >= 15 is 0 Å². The zero-order valence-electron chi connectivity index (χ0n) is 8.57. The number of benzene rings is 1. The highest BCUT2D eigenvalue weighted by atomic mass is 32.3. The van der Waals surface area contributed by atoms with Crippen LogP contribution in [0.3, 0.4) is 0 Å². The molecule has 0 fully saturated rings. The van der Waals surface area contributed by atoms with Gasteiger partial charge in [-0.2, -0.15) is 8.42 Å². The molecule has 6 nitrogen and oxygen atoms in total. The van der Waals surface area contributed by atoms with E-state index in [0.29, 0.717) is 6.54 Å². The molecule has 0 saturated carbocycles. The van der Waals surface area contributed by atoms with Crippen LogP contribution in [-0.2, 0) is 16.9 Å². The van der Waals surface area contributed by atoms with Crippen LogP contribution in [-0.4, -0.2) is 35.8 Å². The van der Waals surface area contributed by atoms with Gasteiger partial charge in [-0.25, -0.2) is 0 Å². The van der Waals surface area contributed by atoms with Gasteiger partial charge in [-0.1, -0.05) is 30.3 Å². The van der Waals surface area contributed by atoms with Gasteiger partial charge in [0.2, 0.25) is 0 Å². The molecule has 0 aliphatic rings. The fraction of sp³-hybridized carbons (Fsp3) is 0.333. The molecule has 0 aliphatic heterocycles. The summed E-state index contributed by atoms with van der Waals surface area (Å²) in [5.41, 5.74) is 1.25. The summed E-state index contributed by atoms with van der Waals surface area (Å²) in [6.07, 6.45) is 0. The largest absolute Gasteiger partial charge is 0.395 e. The SMILES string of the molecule is O=S(=O)(O)O.OCCNCc1ccccc1. The maximum Gasteiger partial charge on any atom is 0.394 e. The van der Waals surface area contributed by atoms with Crippen LogP contribution in [0.5, 0.6) is 0 Å². The van der Waals surface area contributed by atoms with E-state index in [1.165, 1.54) is 5.56 Å². The minimum absolute atomic E-state index is 0.201. The highest BCUT2D eigenvalue weighted by Gasteiger charge is 1.87. The van der Waals surface area contributed by atoms with Gasteiger partial charge < -0.3 is 10.4 Å². The first kappa shape index (κ1) is 15.0. The topological polar surface area (TPSA) is 107 Å². The molecule has 0 aromatic heterocycles. The molecule has 7 heteroatoms. The molecule has 92 valence electrons. The molecule has 1 aromatic carbocycles. The van der Waals surface area contributed by atoms with Crippen molar-refractivity contribution in [3.8, 4) is 0 Å². The van der Waals surface area contributed by atoms with E-state index in [1.807, 2.05) is 18.2 Å². The molecular formula is C9H15NO5S. The van der Waals surface area contributed by atoms with E-state index in [-0.39, 0.29) is 6.61 Å². The number of aliphatic hydroxyl groups excluding tert-OH is 1. The second-order valence-corrected chi connectivity index (χ2v) is 3.73. The summed E-state index contributed by atoms with van der Waals surface area (Å²) in [5, 5.41) is 11.6. The van der Waals surface area contributed by atoms with Gasteiger partial charge >= 0.3 is 10.4 Å². The van der Waals surface area contributed by atoms with E-state index in [4.69, 9.17) is 22.6 Å². The summed E-state index contributed by atoms with van der Waals surface area (Å²) in [4.78, 5) is 0. The lowest BCUT2D eigenvalue weighted by Crippen LogP contribution is -2.17. The van der Waals surface area contributed by atoms with Crippen molar-refractivity contribution in [1.29, 1.82) is 0 Å². The Morgan fingerprint density at radius 2 is 1.62 bits per heavy atom. The lowest BCUT2D eigenvalue weighted by atomic mass is 10.2. The highest BCUT2D eigenvalue weighted by molar-refractivity contribution is 7.79. The summed E-state index contributed by atoms with van der Waals surface area (Å²) in [5.74, 6) is 0. The zero-order valence-corrected chi connectivity index (χ0v) is 9.39. The molecule has 1 rings (SSSR count). The first-order chi connectivity index (χ1) is 7.43. The maximum absolute atomic E-state index is 8.74. The third-order valence-electron chi connectivity index (χ3n) is 1.46. The molecule has 1 aromatic rings. The second-order valence-electron chi connectivity index (χ2n) is 2.83. The maximum atomic E-state index is 8.74. The van der Waals surface area contributed by atoms with Crippen molar-refractivity contribution in [3.05, 3.63) is 35.9 Å². The van der Waals surface area contributed by atoms with E-state index in [1.54, 1.807) is 0 Å². The Bertz CT molecular complexity index is 357. The van der Waals surface area contributed by atoms with E-state index in [2.05, 4.69) is 17.4 Å². The number of nitrogens with one attached hydrogen (secondary N) is 1. The fourth-order valence-electron chi connectivity index (χ4n) is 0.908. The van der Waals surface area contributed by atoms with E-state index in [0.717, 1.165) is 6.54 Å². The third-order valence-corrected chi connectivity index (χ3v) is 1.46. The van der Waals surface area contributed by atoms with Crippen LogP contribution in [0.15, 0.2) is 30.3 Å². The lowest BCUT2D eigenvalue weighted by molar-refractivity contribution is 0.292. The Hall–Kier alpha value is -0.990. The normalized spacial score (nSPS) is 10.4. The monoisotopic (exact) mass is 249 g/mol. The number of hydrogen-bond acceptors (Lipinski definition) is 4. The van der Waals surface area contributed by atoms with E-state index in [9.17, 15) is 0 Å². The summed E-state index contributed by atoms with van der Waals surface area (Å²) in [6, 6.07) is 10.1. The highest BCUT2D eigenvalue weighted by Crippen LogP contribution is 1.96. The lowest BCUT2D eigenvalue weighted by Gasteiger charge is -2.01. The summed E-state index contributed by atoms with van der Waals surface area (Å²) in [7, 11) is -4.67. The third kappa shape index (κ3) is 13.0. The van der Waals surface area contributed by atoms with E-state index < -0.39 is 10.4 Å². The van der Waals surface area contributed by atoms with Gasteiger partial charge in [0, 0.05) is 13.1 Å². The fourth-order valence-corrected chi connectivity index (χ4v) is 0.908. The first-order valence-corrected chi connectivity index (χ1v) is 5.88. The van der Waals surface area contributed by atoms with Gasteiger partial charge in [0.1, 0.15) is 0 Å². The van der Waals surface area contributed by atoms with Crippen LogP contribution in [0.4, 0.5) is 0 Å². The molecule has 16 heavy (non-hydrogen) atoms. The predicted molar refractivity (Wildman–Crippen MR) is 59.4 cm³/mol. The van der Waals surface area contributed by atoms with Crippen molar-refractivity contribution in [2.75, 3.05) is 13.2 Å². The number of aliphatic hydroxyl groups is 1. The van der Waals surface area contributed by atoms with Crippen molar-refractivity contribution < 1.29 is 22.6 Å². The van der Waals surface area contributed by atoms with Gasteiger partial charge in [0.15, 0.2) is 0 Å². The molecule has 0 spiro atoms. The minimum atomic E-state index is -4.67. The Labute approximate surface area is 94.5 Å². The van der Waals surface area contributed by atoms with Crippen molar-refractivity contribution >= 4 is 10.4 Å². The van der Waals surface area contributed by atoms with Gasteiger partial charge in [-0.15, -0.1) is 0 Å². The van der Waals surface area contributed by atoms with Crippen molar-refractivity contribution in [3.63, 3.8) is 0 Å². The first-order valence-electron chi connectivity index (χ1n) is 4.49. The molecule has 0 amide bonds. The quantitative estimate of drug-likeness (QED) is 0.446. The smallest absolute Gasteiger partial charge is 0.394 e. The molecule has 0 atom stereocenters. The standard InChI is InChI=1S/C9H13NO.H2O4S/c11-7-6-10-8-9-4-2-1-3-5-9;1-5(2,3)4/h1-5,10-11H,6-8H2;(H2,1,2,3,4). The second kappa shape index (κ2) is 8.20. The van der Waals surface area contributed by atoms with Crippen molar-refractivity contribution in [2.24, 2.45) is 0 Å². The molecule has 0 aliphatic carbocycles. The summed E-state index contributed by atoms with van der Waals surface area (Å²) >= 11 is 0. The summed E-state index contributed by atoms with van der Waals surface area (Å²) in [6.45, 7) is 1.70. The van der Waals surface area contributed by atoms with Crippen LogP contribution in [0, 0.1) is 0 Å². The predicted octanol–water partition coefficient (Wildman–Crippen LogP) is 0.116. The van der Waals surface area contributed by atoms with Crippen molar-refractivity contribution in [2.45, 2.75) is 6.54 Å². The van der Waals surface area contributed by atoms with Crippen LogP contribution >= 0.6 is 0 Å². The number of hydrogen-bond donors (Lipinski definition) is 4. The Kier molecular flexibility index (Phi) is 7.69. The molecule has 0 bridgehead atoms. The van der Waals surface area contributed by atoms with Crippen LogP contribution in [0.2, 0.25) is 0 Å². The molecule has 0 heterocycles. The minimum Gasteiger partial charge on any atom is -0.395 e. The van der Waals surface area contributed by atoms with Crippen LogP contribution < -0.4 is 5.32 Å². The zero-order chi connectivity index (χ0) is 12.4. The van der Waals surface area contributed by atoms with Gasteiger partial charge in [0.05, 0.1) is 6.61 Å². The summed E-state index contributed by atoms with van der Waals surface area (Å²) < 4.78 is 31.6. The Balaban J connectivity index is 0.000000385. The average molecular weight is 249 g/mol. The number of rotatable bonds is 4. The van der Waals surface area contributed by atoms with Gasteiger partial charge in [0.25, 0.3) is 0 Å². The Morgan fingerprint density at radius 1 is 1.12 bits per heavy atom. The van der Waals surface area contributed by atoms with Gasteiger partial charge in [-0.3, -0.25) is 9.11 Å².